The Morgan fingerprint density at radius 1 is 0.970 bits per heavy atom. The number of halogens is 1. The molecule has 33 heavy (non-hydrogen) atoms. The molecule has 2 aromatic carbocycles. The lowest BCUT2D eigenvalue weighted by Gasteiger charge is -2.29. The van der Waals surface area contributed by atoms with Gasteiger partial charge in [0.2, 0.25) is 6.79 Å². The minimum absolute atomic E-state index is 0.192. The summed E-state index contributed by atoms with van der Waals surface area (Å²) in [5.74, 6) is 1.07. The van der Waals surface area contributed by atoms with Crippen LogP contribution in [-0.2, 0) is 0 Å². The molecule has 164 valence electrons. The number of anilines is 1. The van der Waals surface area contributed by atoms with E-state index in [2.05, 4.69) is 10.3 Å². The largest absolute Gasteiger partial charge is 0.454 e. The number of nitrogens with one attached hydrogen (secondary N) is 1. The van der Waals surface area contributed by atoms with Crippen LogP contribution in [0.3, 0.4) is 0 Å². The molecule has 2 aliphatic rings. The molecule has 0 bridgehead atoms. The van der Waals surface area contributed by atoms with Crippen molar-refractivity contribution in [3.8, 4) is 17.2 Å². The fraction of sp³-hybridized carbons (Fsp3) is 0.120. The van der Waals surface area contributed by atoms with E-state index in [0.717, 1.165) is 17.1 Å². The lowest BCUT2D eigenvalue weighted by atomic mass is 10.0. The van der Waals surface area contributed by atoms with Crippen LogP contribution in [-0.4, -0.2) is 21.5 Å². The van der Waals surface area contributed by atoms with E-state index < -0.39 is 0 Å². The molecule has 4 heterocycles. The maximum atomic E-state index is 14.8. The van der Waals surface area contributed by atoms with Gasteiger partial charge in [0, 0.05) is 29.8 Å². The van der Waals surface area contributed by atoms with Gasteiger partial charge in [-0.3, -0.25) is 4.98 Å². The Hall–Kier alpha value is -3.91. The van der Waals surface area contributed by atoms with E-state index in [9.17, 15) is 4.39 Å². The molecular formula is C25H19FN4O2S. The molecule has 0 saturated carbocycles. The van der Waals surface area contributed by atoms with Gasteiger partial charge in [-0.1, -0.05) is 18.2 Å². The van der Waals surface area contributed by atoms with Crippen molar-refractivity contribution in [1.82, 2.24) is 14.9 Å². The normalized spacial score (nSPS) is 19.1. The Morgan fingerprint density at radius 2 is 1.82 bits per heavy atom. The van der Waals surface area contributed by atoms with Crippen LogP contribution in [0.4, 0.5) is 10.1 Å². The molecule has 6 nitrogen and oxygen atoms in total. The number of pyridine rings is 1. The molecule has 0 radical (unpaired) electrons. The third-order valence-electron chi connectivity index (χ3n) is 5.93. The van der Waals surface area contributed by atoms with E-state index in [-0.39, 0.29) is 24.7 Å². The minimum Gasteiger partial charge on any atom is -0.454 e. The molecule has 2 atom stereocenters. The van der Waals surface area contributed by atoms with Crippen molar-refractivity contribution in [2.75, 3.05) is 11.7 Å². The van der Waals surface area contributed by atoms with Gasteiger partial charge in [0.05, 0.1) is 17.4 Å². The molecule has 0 spiro atoms. The second-order valence-corrected chi connectivity index (χ2v) is 8.18. The maximum absolute atomic E-state index is 14.8. The number of hydrogen-bond acceptors (Lipinski definition) is 4. The predicted molar refractivity (Wildman–Crippen MR) is 126 cm³/mol. The summed E-state index contributed by atoms with van der Waals surface area (Å²) in [5, 5.41) is 3.99. The van der Waals surface area contributed by atoms with Gasteiger partial charge >= 0.3 is 0 Å². The highest BCUT2D eigenvalue weighted by Gasteiger charge is 2.42. The summed E-state index contributed by atoms with van der Waals surface area (Å²) in [7, 11) is 0. The summed E-state index contributed by atoms with van der Waals surface area (Å²) in [5.41, 5.74) is 3.04. The average Bonchev–Trinajstić information content (AvgIpc) is 3.57. The van der Waals surface area contributed by atoms with Crippen molar-refractivity contribution in [3.63, 3.8) is 0 Å². The Balaban J connectivity index is 1.52. The van der Waals surface area contributed by atoms with Crippen molar-refractivity contribution in [3.05, 3.63) is 102 Å². The molecule has 6 rings (SSSR count). The van der Waals surface area contributed by atoms with Gasteiger partial charge in [-0.15, -0.1) is 0 Å². The Labute approximate surface area is 195 Å². The van der Waals surface area contributed by atoms with Crippen LogP contribution in [0.1, 0.15) is 23.5 Å². The maximum Gasteiger partial charge on any atom is 0.231 e. The number of benzene rings is 2. The Bertz CT molecular complexity index is 1340. The molecule has 4 aromatic rings. The topological polar surface area (TPSA) is 51.6 Å². The highest BCUT2D eigenvalue weighted by molar-refractivity contribution is 7.80. The van der Waals surface area contributed by atoms with Crippen LogP contribution in [0.15, 0.2) is 85.2 Å². The van der Waals surface area contributed by atoms with E-state index in [1.165, 1.54) is 6.07 Å². The van der Waals surface area contributed by atoms with Gasteiger partial charge < -0.3 is 24.3 Å². The van der Waals surface area contributed by atoms with Crippen LogP contribution in [0.2, 0.25) is 0 Å². The number of nitrogens with zero attached hydrogens (tertiary/aromatic N) is 3. The quantitative estimate of drug-likeness (QED) is 0.438. The van der Waals surface area contributed by atoms with Gasteiger partial charge in [0.25, 0.3) is 0 Å². The predicted octanol–water partition coefficient (Wildman–Crippen LogP) is 4.92. The van der Waals surface area contributed by atoms with Crippen molar-refractivity contribution in [1.29, 1.82) is 0 Å². The van der Waals surface area contributed by atoms with Crippen LogP contribution < -0.4 is 19.7 Å². The number of hydrogen-bond donors (Lipinski definition) is 1. The second kappa shape index (κ2) is 7.90. The molecule has 0 unspecified atom stereocenters. The van der Waals surface area contributed by atoms with Gasteiger partial charge in [-0.05, 0) is 60.7 Å². The molecular weight excluding hydrogens is 439 g/mol. The van der Waals surface area contributed by atoms with Gasteiger partial charge in [0.15, 0.2) is 16.6 Å². The third-order valence-corrected chi connectivity index (χ3v) is 6.24. The van der Waals surface area contributed by atoms with E-state index in [4.69, 9.17) is 21.7 Å². The molecule has 0 amide bonds. The van der Waals surface area contributed by atoms with Crippen LogP contribution >= 0.6 is 12.2 Å². The Kier molecular flexibility index (Phi) is 4.73. The van der Waals surface area contributed by atoms with Gasteiger partial charge in [-0.25, -0.2) is 4.39 Å². The van der Waals surface area contributed by atoms with Crippen molar-refractivity contribution < 1.29 is 13.9 Å². The zero-order chi connectivity index (χ0) is 22.4. The monoisotopic (exact) mass is 458 g/mol. The number of rotatable bonds is 4. The molecule has 1 fully saturated rings. The molecule has 1 N–H and O–H groups in total. The smallest absolute Gasteiger partial charge is 0.231 e. The second-order valence-electron chi connectivity index (χ2n) is 7.79. The lowest BCUT2D eigenvalue weighted by Crippen LogP contribution is -2.30. The standard InChI is InChI=1S/C25H19FN4O2S/c26-17-6-1-2-8-19(17)29-13-5-9-20(29)24-23(18-7-3-4-12-27-18)28-25(33)30(24)16-10-11-21-22(14-16)32-15-31-21/h1-14,23-24H,15H2,(H,28,33)/t23-,24-/m1/s1. The van der Waals surface area contributed by atoms with E-state index in [1.807, 2.05) is 70.3 Å². The summed E-state index contributed by atoms with van der Waals surface area (Å²) < 4.78 is 27.7. The van der Waals surface area contributed by atoms with E-state index in [1.54, 1.807) is 18.3 Å². The number of aromatic nitrogens is 2. The van der Waals surface area contributed by atoms with Crippen molar-refractivity contribution in [2.45, 2.75) is 12.1 Å². The minimum atomic E-state index is -0.299. The molecule has 1 saturated heterocycles. The first kappa shape index (κ1) is 19.8. The average molecular weight is 459 g/mol. The fourth-order valence-electron chi connectivity index (χ4n) is 4.47. The fourth-order valence-corrected chi connectivity index (χ4v) is 4.82. The van der Waals surface area contributed by atoms with Crippen LogP contribution in [0.5, 0.6) is 11.5 Å². The summed E-state index contributed by atoms with van der Waals surface area (Å²) in [6, 6.07) is 21.6. The van der Waals surface area contributed by atoms with Crippen LogP contribution in [0, 0.1) is 5.82 Å². The van der Waals surface area contributed by atoms with E-state index >= 15 is 0 Å². The first-order valence-corrected chi connectivity index (χ1v) is 10.9. The number of fused-ring (bicyclic) bond motifs is 1. The summed E-state index contributed by atoms with van der Waals surface area (Å²) in [6.07, 6.45) is 3.62. The first-order valence-electron chi connectivity index (χ1n) is 10.5. The summed E-state index contributed by atoms with van der Waals surface area (Å²) >= 11 is 5.80. The SMILES string of the molecule is Fc1ccccc1-n1cccc1[C@@H]1[C@@H](c2ccccn2)NC(=S)N1c1ccc2c(c1)OCO2. The molecule has 0 aliphatic carbocycles. The Morgan fingerprint density at radius 3 is 2.67 bits per heavy atom. The van der Waals surface area contributed by atoms with Crippen molar-refractivity contribution in [2.24, 2.45) is 0 Å². The van der Waals surface area contributed by atoms with Crippen LogP contribution in [0.25, 0.3) is 5.69 Å². The number of para-hydroxylation sites is 1. The number of ether oxygens (including phenoxy) is 2. The first-order chi connectivity index (χ1) is 16.2. The highest BCUT2D eigenvalue weighted by Crippen LogP contribution is 2.45. The van der Waals surface area contributed by atoms with Gasteiger partial charge in [-0.2, -0.15) is 0 Å². The number of thiocarbonyl (C=S) groups is 1. The molecule has 8 heteroatoms. The third kappa shape index (κ3) is 3.30. The highest BCUT2D eigenvalue weighted by atomic mass is 32.1. The summed E-state index contributed by atoms with van der Waals surface area (Å²) in [4.78, 5) is 6.62. The zero-order valence-electron chi connectivity index (χ0n) is 17.4. The zero-order valence-corrected chi connectivity index (χ0v) is 18.2. The molecule has 2 aromatic heterocycles. The summed E-state index contributed by atoms with van der Waals surface area (Å²) in [6.45, 7) is 0.192. The molecule has 2 aliphatic heterocycles. The van der Waals surface area contributed by atoms with Gasteiger partial charge in [0.1, 0.15) is 11.9 Å². The van der Waals surface area contributed by atoms with E-state index in [0.29, 0.717) is 22.3 Å². The van der Waals surface area contributed by atoms with Crippen molar-refractivity contribution >= 4 is 23.0 Å². The lowest BCUT2D eigenvalue weighted by molar-refractivity contribution is 0.174.